The van der Waals surface area contributed by atoms with E-state index in [1.54, 1.807) is 12.1 Å². The zero-order valence-electron chi connectivity index (χ0n) is 10.4. The molecule has 0 fully saturated rings. The maximum Gasteiger partial charge on any atom is 0.255 e. The topological polar surface area (TPSA) is 49.3 Å². The number of hydrogen-bond acceptors (Lipinski definition) is 2. The first-order valence-electron chi connectivity index (χ1n) is 5.81. The third-order valence-electron chi connectivity index (χ3n) is 2.41. The molecule has 0 aromatic heterocycles. The van der Waals surface area contributed by atoms with Crippen LogP contribution in [-0.2, 0) is 0 Å². The fourth-order valence-corrected chi connectivity index (χ4v) is 2.98. The number of carbonyl (C=O) groups is 1. The molecule has 0 bridgehead atoms. The summed E-state index contributed by atoms with van der Waals surface area (Å²) in [6, 6.07) is 4.98. The quantitative estimate of drug-likeness (QED) is 0.560. The first-order chi connectivity index (χ1) is 8.40. The van der Waals surface area contributed by atoms with E-state index in [1.807, 2.05) is 0 Å². The van der Waals surface area contributed by atoms with Gasteiger partial charge in [-0.05, 0) is 53.1 Å². The van der Waals surface area contributed by atoms with Gasteiger partial charge in [-0.3, -0.25) is 4.79 Å². The minimum atomic E-state index is -0.237. The van der Waals surface area contributed by atoms with Gasteiger partial charge in [0.05, 0.1) is 5.56 Å². The molecule has 0 aliphatic heterocycles. The third-order valence-corrected chi connectivity index (χ3v) is 3.78. The normalized spacial score (nSPS) is 12.5. The molecule has 0 spiro atoms. The first-order valence-corrected chi connectivity index (χ1v) is 7.80. The highest BCUT2D eigenvalue weighted by Crippen LogP contribution is 2.19. The van der Waals surface area contributed by atoms with E-state index in [4.69, 9.17) is 0 Å². The van der Waals surface area contributed by atoms with Gasteiger partial charge >= 0.3 is 0 Å². The minimum Gasteiger partial charge on any atom is -0.507 e. The summed E-state index contributed by atoms with van der Waals surface area (Å²) in [7, 11) is 0. The second-order valence-corrected chi connectivity index (χ2v) is 7.14. The fourth-order valence-electron chi connectivity index (χ4n) is 1.58. The summed E-state index contributed by atoms with van der Waals surface area (Å²) in [6.45, 7) is 4.84. The van der Waals surface area contributed by atoms with E-state index in [0.717, 1.165) is 9.99 Å². The molecule has 0 saturated heterocycles. The molecular weight excluding hydrogens is 409 g/mol. The zero-order chi connectivity index (χ0) is 13.7. The van der Waals surface area contributed by atoms with Crippen molar-refractivity contribution in [2.45, 2.75) is 25.1 Å². The van der Waals surface area contributed by atoms with Gasteiger partial charge in [0.15, 0.2) is 0 Å². The number of carbonyl (C=O) groups excluding carboxylic acids is 1. The number of benzene rings is 1. The molecule has 1 rings (SSSR count). The standard InChI is InChI=1S/C13H17BrINO2/c1-8(2)5-9(14)7-16-13(18)11-6-10(15)3-4-12(11)17/h3-4,6,8-9,17H,5,7H2,1-2H3,(H,16,18). The SMILES string of the molecule is CC(C)CC(Br)CNC(=O)c1cc(I)ccc1O. The number of alkyl halides is 1. The van der Waals surface area contributed by atoms with Crippen molar-refractivity contribution >= 4 is 44.4 Å². The van der Waals surface area contributed by atoms with Crippen molar-refractivity contribution in [2.75, 3.05) is 6.54 Å². The van der Waals surface area contributed by atoms with E-state index < -0.39 is 0 Å². The third kappa shape index (κ3) is 5.14. The average molecular weight is 426 g/mol. The van der Waals surface area contributed by atoms with Crippen LogP contribution in [0.4, 0.5) is 0 Å². The number of rotatable bonds is 5. The minimum absolute atomic E-state index is 0.0166. The summed E-state index contributed by atoms with van der Waals surface area (Å²) in [5.74, 6) is 0.361. The summed E-state index contributed by atoms with van der Waals surface area (Å²) in [5.41, 5.74) is 0.325. The molecule has 0 aliphatic rings. The lowest BCUT2D eigenvalue weighted by Gasteiger charge is -2.13. The van der Waals surface area contributed by atoms with Crippen molar-refractivity contribution in [1.82, 2.24) is 5.32 Å². The lowest BCUT2D eigenvalue weighted by atomic mass is 10.1. The lowest BCUT2D eigenvalue weighted by molar-refractivity contribution is 0.0950. The Morgan fingerprint density at radius 2 is 2.17 bits per heavy atom. The Bertz CT molecular complexity index is 423. The number of halogens is 2. The molecule has 0 heterocycles. The molecule has 1 aromatic carbocycles. The number of nitrogens with one attached hydrogen (secondary N) is 1. The molecule has 2 N–H and O–H groups in total. The molecule has 1 amide bonds. The van der Waals surface area contributed by atoms with Crippen LogP contribution in [0, 0.1) is 9.49 Å². The van der Waals surface area contributed by atoms with Crippen LogP contribution in [0.2, 0.25) is 0 Å². The summed E-state index contributed by atoms with van der Waals surface area (Å²) in [6.07, 6.45) is 0.999. The molecule has 1 atom stereocenters. The summed E-state index contributed by atoms with van der Waals surface area (Å²) < 4.78 is 0.924. The molecular formula is C13H17BrINO2. The van der Waals surface area contributed by atoms with Crippen LogP contribution in [0.15, 0.2) is 18.2 Å². The smallest absolute Gasteiger partial charge is 0.255 e. The van der Waals surface area contributed by atoms with Crippen molar-refractivity contribution in [3.8, 4) is 5.75 Å². The zero-order valence-corrected chi connectivity index (χ0v) is 14.2. The van der Waals surface area contributed by atoms with Crippen molar-refractivity contribution in [2.24, 2.45) is 5.92 Å². The molecule has 0 saturated carbocycles. The molecule has 100 valence electrons. The second-order valence-electron chi connectivity index (χ2n) is 4.60. The van der Waals surface area contributed by atoms with Gasteiger partial charge in [-0.2, -0.15) is 0 Å². The Labute approximate surface area is 130 Å². The summed E-state index contributed by atoms with van der Waals surface area (Å²) >= 11 is 5.65. The van der Waals surface area contributed by atoms with E-state index in [0.29, 0.717) is 18.0 Å². The van der Waals surface area contributed by atoms with E-state index in [2.05, 4.69) is 57.7 Å². The maximum atomic E-state index is 11.9. The number of phenols is 1. The Kier molecular flexibility index (Phi) is 6.42. The highest BCUT2D eigenvalue weighted by Gasteiger charge is 2.13. The Hall–Kier alpha value is -0.300. The van der Waals surface area contributed by atoms with Gasteiger partial charge in [-0.15, -0.1) is 0 Å². The van der Waals surface area contributed by atoms with Crippen LogP contribution in [0.3, 0.4) is 0 Å². The molecule has 1 aromatic rings. The number of aromatic hydroxyl groups is 1. The van der Waals surface area contributed by atoms with Crippen molar-refractivity contribution in [3.63, 3.8) is 0 Å². The predicted molar refractivity (Wildman–Crippen MR) is 85.3 cm³/mol. The van der Waals surface area contributed by atoms with Gasteiger partial charge < -0.3 is 10.4 Å². The van der Waals surface area contributed by atoms with Crippen LogP contribution in [-0.4, -0.2) is 22.4 Å². The van der Waals surface area contributed by atoms with Crippen LogP contribution in [0.1, 0.15) is 30.6 Å². The average Bonchev–Trinajstić information content (AvgIpc) is 2.28. The van der Waals surface area contributed by atoms with Crippen LogP contribution < -0.4 is 5.32 Å². The van der Waals surface area contributed by atoms with E-state index in [9.17, 15) is 9.90 Å². The van der Waals surface area contributed by atoms with E-state index in [1.165, 1.54) is 6.07 Å². The fraction of sp³-hybridized carbons (Fsp3) is 0.462. The Morgan fingerprint density at radius 3 is 2.78 bits per heavy atom. The van der Waals surface area contributed by atoms with Crippen molar-refractivity contribution < 1.29 is 9.90 Å². The monoisotopic (exact) mass is 425 g/mol. The second kappa shape index (κ2) is 7.33. The van der Waals surface area contributed by atoms with Crippen molar-refractivity contribution in [3.05, 3.63) is 27.3 Å². The highest BCUT2D eigenvalue weighted by molar-refractivity contribution is 14.1. The van der Waals surface area contributed by atoms with Gasteiger partial charge in [-0.25, -0.2) is 0 Å². The summed E-state index contributed by atoms with van der Waals surface area (Å²) in [4.78, 5) is 12.2. The molecule has 0 radical (unpaired) electrons. The predicted octanol–water partition coefficient (Wildman–Crippen LogP) is 3.54. The van der Waals surface area contributed by atoms with Gasteiger partial charge in [0, 0.05) is 14.9 Å². The molecule has 0 aliphatic carbocycles. The van der Waals surface area contributed by atoms with Crippen LogP contribution >= 0.6 is 38.5 Å². The molecule has 1 unspecified atom stereocenters. The van der Waals surface area contributed by atoms with Crippen LogP contribution in [0.5, 0.6) is 5.75 Å². The van der Waals surface area contributed by atoms with Gasteiger partial charge in [-0.1, -0.05) is 29.8 Å². The van der Waals surface area contributed by atoms with Crippen LogP contribution in [0.25, 0.3) is 0 Å². The molecule has 5 heteroatoms. The Balaban J connectivity index is 2.58. The highest BCUT2D eigenvalue weighted by atomic mass is 127. The van der Waals surface area contributed by atoms with Gasteiger partial charge in [0.25, 0.3) is 5.91 Å². The number of hydrogen-bond donors (Lipinski definition) is 2. The molecule has 18 heavy (non-hydrogen) atoms. The van der Waals surface area contributed by atoms with Gasteiger partial charge in [0.1, 0.15) is 5.75 Å². The van der Waals surface area contributed by atoms with E-state index >= 15 is 0 Å². The van der Waals surface area contributed by atoms with E-state index in [-0.39, 0.29) is 16.5 Å². The number of phenolic OH excluding ortho intramolecular Hbond substituents is 1. The van der Waals surface area contributed by atoms with Crippen molar-refractivity contribution in [1.29, 1.82) is 0 Å². The molecule has 3 nitrogen and oxygen atoms in total. The largest absolute Gasteiger partial charge is 0.507 e. The lowest BCUT2D eigenvalue weighted by Crippen LogP contribution is -2.30. The summed E-state index contributed by atoms with van der Waals surface area (Å²) in [5, 5.41) is 12.5. The first kappa shape index (κ1) is 15.8. The maximum absolute atomic E-state index is 11.9. The Morgan fingerprint density at radius 1 is 1.50 bits per heavy atom. The van der Waals surface area contributed by atoms with Gasteiger partial charge in [0.2, 0.25) is 0 Å². The number of amides is 1.